The van der Waals surface area contributed by atoms with E-state index in [4.69, 9.17) is 14.2 Å². The van der Waals surface area contributed by atoms with Crippen molar-refractivity contribution in [2.24, 2.45) is 0 Å². The van der Waals surface area contributed by atoms with Crippen LogP contribution in [0.4, 0.5) is 0 Å². The highest BCUT2D eigenvalue weighted by Gasteiger charge is 2.20. The third-order valence-electron chi connectivity index (χ3n) is 17.1. The molecule has 488 valence electrons. The SMILES string of the molecule is CCCCCCC/C=C\C/C=C\C/C=C\CCCCCCCCCCC(=O)OC(COC(=O)CCCCCCCCCCCCCCCC)COC(=O)CCCCCCCCCCCCCCCCCCCCCCCCCCCCCC. The van der Waals surface area contributed by atoms with Crippen molar-refractivity contribution in [1.29, 1.82) is 0 Å². The van der Waals surface area contributed by atoms with Crippen LogP contribution >= 0.6 is 0 Å². The summed E-state index contributed by atoms with van der Waals surface area (Å²) in [4.78, 5) is 38.5. The summed E-state index contributed by atoms with van der Waals surface area (Å²) in [5.41, 5.74) is 0. The molecule has 0 N–H and O–H groups in total. The van der Waals surface area contributed by atoms with Gasteiger partial charge in [-0.15, -0.1) is 0 Å². The van der Waals surface area contributed by atoms with Gasteiger partial charge in [0.05, 0.1) is 0 Å². The normalized spacial score (nSPS) is 12.2. The maximum absolute atomic E-state index is 13.0. The lowest BCUT2D eigenvalue weighted by Crippen LogP contribution is -2.30. The molecule has 83 heavy (non-hydrogen) atoms. The van der Waals surface area contributed by atoms with Gasteiger partial charge in [-0.05, 0) is 57.8 Å². The zero-order valence-electron chi connectivity index (χ0n) is 56.2. The Morgan fingerprint density at radius 1 is 0.241 bits per heavy atom. The highest BCUT2D eigenvalue weighted by molar-refractivity contribution is 5.71. The molecule has 0 rings (SSSR count). The summed E-state index contributed by atoms with van der Waals surface area (Å²) in [6.07, 6.45) is 90.5. The highest BCUT2D eigenvalue weighted by Crippen LogP contribution is 2.19. The van der Waals surface area contributed by atoms with Crippen molar-refractivity contribution in [2.45, 2.75) is 425 Å². The van der Waals surface area contributed by atoms with Crippen molar-refractivity contribution in [3.63, 3.8) is 0 Å². The molecule has 1 atom stereocenters. The third kappa shape index (κ3) is 70.3. The van der Waals surface area contributed by atoms with E-state index in [-0.39, 0.29) is 31.1 Å². The van der Waals surface area contributed by atoms with E-state index in [9.17, 15) is 14.4 Å². The smallest absolute Gasteiger partial charge is 0.306 e. The Kier molecular flexibility index (Phi) is 70.0. The van der Waals surface area contributed by atoms with Gasteiger partial charge >= 0.3 is 17.9 Å². The molecule has 6 heteroatoms. The van der Waals surface area contributed by atoms with Crippen LogP contribution in [0, 0.1) is 0 Å². The van der Waals surface area contributed by atoms with E-state index in [1.54, 1.807) is 0 Å². The summed E-state index contributed by atoms with van der Waals surface area (Å²) in [7, 11) is 0. The molecule has 1 unspecified atom stereocenters. The van der Waals surface area contributed by atoms with Gasteiger partial charge < -0.3 is 14.2 Å². The van der Waals surface area contributed by atoms with Gasteiger partial charge in [0.25, 0.3) is 0 Å². The second kappa shape index (κ2) is 72.1. The predicted octanol–water partition coefficient (Wildman–Crippen LogP) is 25.9. The topological polar surface area (TPSA) is 78.9 Å². The molecule has 0 amide bonds. The van der Waals surface area contributed by atoms with Crippen molar-refractivity contribution < 1.29 is 28.6 Å². The summed E-state index contributed by atoms with van der Waals surface area (Å²) >= 11 is 0. The largest absolute Gasteiger partial charge is 0.462 e. The van der Waals surface area contributed by atoms with Crippen LogP contribution < -0.4 is 0 Å². The fourth-order valence-corrected chi connectivity index (χ4v) is 11.5. The van der Waals surface area contributed by atoms with E-state index in [1.165, 1.54) is 302 Å². The molecule has 0 saturated carbocycles. The molecule has 0 radical (unpaired) electrons. The molecule has 0 saturated heterocycles. The number of carbonyl (C=O) groups is 3. The maximum atomic E-state index is 13.0. The number of esters is 3. The summed E-state index contributed by atoms with van der Waals surface area (Å²) in [6.45, 7) is 6.71. The van der Waals surface area contributed by atoms with Gasteiger partial charge in [-0.25, -0.2) is 0 Å². The van der Waals surface area contributed by atoms with Crippen LogP contribution in [0.5, 0.6) is 0 Å². The van der Waals surface area contributed by atoms with Gasteiger partial charge in [-0.2, -0.15) is 0 Å². The maximum Gasteiger partial charge on any atom is 0.306 e. The lowest BCUT2D eigenvalue weighted by atomic mass is 10.0. The first kappa shape index (κ1) is 80.6. The van der Waals surface area contributed by atoms with Crippen LogP contribution in [0.15, 0.2) is 36.5 Å². The third-order valence-corrected chi connectivity index (χ3v) is 17.1. The number of unbranched alkanes of at least 4 members (excludes halogenated alkanes) is 53. The second-order valence-electron chi connectivity index (χ2n) is 25.6. The van der Waals surface area contributed by atoms with Crippen molar-refractivity contribution in [2.75, 3.05) is 13.2 Å². The van der Waals surface area contributed by atoms with E-state index in [1.807, 2.05) is 0 Å². The minimum absolute atomic E-state index is 0.0691. The second-order valence-corrected chi connectivity index (χ2v) is 25.6. The lowest BCUT2D eigenvalue weighted by molar-refractivity contribution is -0.167. The quantitative estimate of drug-likeness (QED) is 0.0261. The average Bonchev–Trinajstić information content (AvgIpc) is 3.49. The van der Waals surface area contributed by atoms with Gasteiger partial charge in [-0.3, -0.25) is 14.4 Å². The van der Waals surface area contributed by atoms with Crippen LogP contribution in [0.3, 0.4) is 0 Å². The molecule has 0 fully saturated rings. The highest BCUT2D eigenvalue weighted by atomic mass is 16.6. The van der Waals surface area contributed by atoms with Gasteiger partial charge in [0.15, 0.2) is 6.10 Å². The van der Waals surface area contributed by atoms with Crippen molar-refractivity contribution in [1.82, 2.24) is 0 Å². The zero-order valence-corrected chi connectivity index (χ0v) is 56.2. The van der Waals surface area contributed by atoms with Crippen LogP contribution in [0.25, 0.3) is 0 Å². The first-order valence-electron chi connectivity index (χ1n) is 37.5. The summed E-state index contributed by atoms with van der Waals surface area (Å²) < 4.78 is 17.0. The monoisotopic (exact) mass is 1170 g/mol. The Morgan fingerprint density at radius 2 is 0.434 bits per heavy atom. The summed E-state index contributed by atoms with van der Waals surface area (Å²) in [5, 5.41) is 0. The Labute approximate surface area is 518 Å². The van der Waals surface area contributed by atoms with Gasteiger partial charge in [0, 0.05) is 19.3 Å². The van der Waals surface area contributed by atoms with E-state index in [2.05, 4.69) is 57.2 Å². The van der Waals surface area contributed by atoms with Crippen molar-refractivity contribution in [3.05, 3.63) is 36.5 Å². The molecule has 0 heterocycles. The molecule has 6 nitrogen and oxygen atoms in total. The van der Waals surface area contributed by atoms with Crippen LogP contribution in [-0.2, 0) is 28.6 Å². The molecular formula is C77H144O6. The molecule has 0 aliphatic heterocycles. The Morgan fingerprint density at radius 3 is 0.675 bits per heavy atom. The zero-order chi connectivity index (χ0) is 59.9. The summed E-state index contributed by atoms with van der Waals surface area (Å²) in [5.74, 6) is -0.844. The average molecular weight is 1170 g/mol. The van der Waals surface area contributed by atoms with Crippen LogP contribution in [-0.4, -0.2) is 37.2 Å². The Bertz CT molecular complexity index is 1380. The minimum Gasteiger partial charge on any atom is -0.462 e. The van der Waals surface area contributed by atoms with Gasteiger partial charge in [-0.1, -0.05) is 378 Å². The lowest BCUT2D eigenvalue weighted by Gasteiger charge is -2.18. The molecular weight excluding hydrogens is 1020 g/mol. The molecule has 0 aromatic heterocycles. The van der Waals surface area contributed by atoms with Crippen molar-refractivity contribution in [3.8, 4) is 0 Å². The number of allylic oxidation sites excluding steroid dienone is 6. The van der Waals surface area contributed by atoms with E-state index < -0.39 is 6.10 Å². The van der Waals surface area contributed by atoms with Crippen LogP contribution in [0.2, 0.25) is 0 Å². The number of carbonyl (C=O) groups excluding carboxylic acids is 3. The molecule has 0 aromatic rings. The van der Waals surface area contributed by atoms with E-state index in [0.717, 1.165) is 77.0 Å². The van der Waals surface area contributed by atoms with E-state index >= 15 is 0 Å². The first-order valence-corrected chi connectivity index (χ1v) is 37.5. The molecule has 0 aliphatic rings. The fraction of sp³-hybridized carbons (Fsp3) is 0.883. The van der Waals surface area contributed by atoms with Gasteiger partial charge in [0.2, 0.25) is 0 Å². The number of hydrogen-bond donors (Lipinski definition) is 0. The van der Waals surface area contributed by atoms with E-state index in [0.29, 0.717) is 19.3 Å². The predicted molar refractivity (Wildman–Crippen MR) is 362 cm³/mol. The van der Waals surface area contributed by atoms with Gasteiger partial charge in [0.1, 0.15) is 13.2 Å². The van der Waals surface area contributed by atoms with Crippen molar-refractivity contribution >= 4 is 17.9 Å². The summed E-state index contributed by atoms with van der Waals surface area (Å²) in [6, 6.07) is 0. The number of hydrogen-bond acceptors (Lipinski definition) is 6. The fourth-order valence-electron chi connectivity index (χ4n) is 11.5. The Hall–Kier alpha value is -2.37. The number of ether oxygens (including phenoxy) is 3. The van der Waals surface area contributed by atoms with Crippen LogP contribution in [0.1, 0.15) is 419 Å². The molecule has 0 spiro atoms. The molecule has 0 aliphatic carbocycles. The number of rotatable bonds is 70. The first-order chi connectivity index (χ1) is 41.0. The Balaban J connectivity index is 4.22. The molecule has 0 bridgehead atoms. The minimum atomic E-state index is -0.774. The molecule has 0 aromatic carbocycles. The standard InChI is InChI=1S/C77H144O6/c1-4-7-10-13-16-19-22-25-28-30-32-34-36-37-38-39-40-42-43-45-47-49-52-55-58-61-64-67-70-76(79)82-73-74(72-81-75(78)69-66-63-60-57-54-51-27-24-21-18-15-12-9-6-3)83-77(80)71-68-65-62-59-56-53-50-48-46-44-41-35-33-31-29-26-23-20-17-14-11-8-5-2/h23,26,31,33,41,44,74H,4-22,24-25,27-30,32,34-40,42-43,45-73H2,1-3H3/b26-23-,33-31-,44-41-.